The number of benzene rings is 1. The lowest BCUT2D eigenvalue weighted by Gasteiger charge is -2.05. The fourth-order valence-electron chi connectivity index (χ4n) is 1.85. The Labute approximate surface area is 94.3 Å². The third-order valence-corrected chi connectivity index (χ3v) is 2.64. The molecular weight excluding hydrogens is 229 g/mol. The van der Waals surface area contributed by atoms with E-state index >= 15 is 0 Å². The Morgan fingerprint density at radius 2 is 1.88 bits per heavy atom. The number of halogens is 3. The van der Waals surface area contributed by atoms with Crippen LogP contribution in [0.5, 0.6) is 0 Å². The van der Waals surface area contributed by atoms with Crippen LogP contribution in [0.25, 0.3) is 16.7 Å². The van der Waals surface area contributed by atoms with Gasteiger partial charge in [-0.05, 0) is 30.3 Å². The van der Waals surface area contributed by atoms with Crippen molar-refractivity contribution in [2.75, 3.05) is 0 Å². The van der Waals surface area contributed by atoms with Gasteiger partial charge < -0.3 is 0 Å². The van der Waals surface area contributed by atoms with Crippen molar-refractivity contribution in [1.29, 1.82) is 0 Å². The second-order valence-electron chi connectivity index (χ2n) is 3.74. The average molecular weight is 236 g/mol. The quantitative estimate of drug-likeness (QED) is 0.583. The van der Waals surface area contributed by atoms with E-state index in [0.29, 0.717) is 16.7 Å². The molecule has 86 valence electrons. The molecule has 2 aromatic heterocycles. The van der Waals surface area contributed by atoms with Gasteiger partial charge in [0.25, 0.3) is 0 Å². The third-order valence-electron chi connectivity index (χ3n) is 2.64. The highest BCUT2D eigenvalue weighted by atomic mass is 19.4. The number of imidazole rings is 1. The van der Waals surface area contributed by atoms with Crippen molar-refractivity contribution < 1.29 is 13.2 Å². The average Bonchev–Trinajstić information content (AvgIpc) is 2.65. The Bertz CT molecular complexity index is 698. The number of aromatic nitrogens is 2. The molecule has 0 radical (unpaired) electrons. The SMILES string of the molecule is FC(F)(F)c1ccc2c(c1)nc1ccccn12. The zero-order valence-electron chi connectivity index (χ0n) is 8.57. The summed E-state index contributed by atoms with van der Waals surface area (Å²) in [6, 6.07) is 8.95. The Morgan fingerprint density at radius 3 is 2.65 bits per heavy atom. The van der Waals surface area contributed by atoms with Crippen molar-refractivity contribution in [2.24, 2.45) is 0 Å². The van der Waals surface area contributed by atoms with Crippen LogP contribution in [-0.4, -0.2) is 9.38 Å². The Balaban J connectivity index is 2.34. The van der Waals surface area contributed by atoms with E-state index in [0.717, 1.165) is 12.1 Å². The van der Waals surface area contributed by atoms with Crippen molar-refractivity contribution in [3.63, 3.8) is 0 Å². The number of alkyl halides is 3. The van der Waals surface area contributed by atoms with Gasteiger partial charge in [-0.15, -0.1) is 0 Å². The molecule has 0 aliphatic carbocycles. The van der Waals surface area contributed by atoms with Crippen molar-refractivity contribution in [2.45, 2.75) is 6.18 Å². The summed E-state index contributed by atoms with van der Waals surface area (Å²) < 4.78 is 39.4. The third kappa shape index (κ3) is 1.54. The maximum absolute atomic E-state index is 12.5. The second kappa shape index (κ2) is 3.23. The van der Waals surface area contributed by atoms with Gasteiger partial charge in [-0.1, -0.05) is 6.07 Å². The van der Waals surface area contributed by atoms with Crippen LogP contribution in [-0.2, 0) is 6.18 Å². The van der Waals surface area contributed by atoms with Gasteiger partial charge in [-0.25, -0.2) is 4.98 Å². The van der Waals surface area contributed by atoms with Gasteiger partial charge in [0.15, 0.2) is 0 Å². The van der Waals surface area contributed by atoms with E-state index < -0.39 is 11.7 Å². The molecule has 2 heterocycles. The van der Waals surface area contributed by atoms with Gasteiger partial charge >= 0.3 is 6.18 Å². The highest BCUT2D eigenvalue weighted by Crippen LogP contribution is 2.31. The summed E-state index contributed by atoms with van der Waals surface area (Å²) in [5.74, 6) is 0. The number of pyridine rings is 1. The van der Waals surface area contributed by atoms with Gasteiger partial charge in [0, 0.05) is 6.20 Å². The van der Waals surface area contributed by atoms with Crippen LogP contribution in [0.4, 0.5) is 13.2 Å². The smallest absolute Gasteiger partial charge is 0.300 e. The van der Waals surface area contributed by atoms with Gasteiger partial charge in [-0.3, -0.25) is 4.40 Å². The molecule has 1 aromatic carbocycles. The zero-order valence-corrected chi connectivity index (χ0v) is 8.57. The molecular formula is C12H7F3N2. The molecule has 0 aliphatic heterocycles. The lowest BCUT2D eigenvalue weighted by Crippen LogP contribution is -2.04. The molecule has 0 amide bonds. The molecule has 0 saturated carbocycles. The predicted octanol–water partition coefficient (Wildman–Crippen LogP) is 3.51. The number of nitrogens with zero attached hydrogens (tertiary/aromatic N) is 2. The van der Waals surface area contributed by atoms with Crippen molar-refractivity contribution in [3.8, 4) is 0 Å². The lowest BCUT2D eigenvalue weighted by atomic mass is 10.2. The molecule has 0 fully saturated rings. The second-order valence-corrected chi connectivity index (χ2v) is 3.74. The molecule has 17 heavy (non-hydrogen) atoms. The normalized spacial score (nSPS) is 12.4. The van der Waals surface area contributed by atoms with Gasteiger partial charge in [-0.2, -0.15) is 13.2 Å². The van der Waals surface area contributed by atoms with Crippen molar-refractivity contribution >= 4 is 16.7 Å². The standard InChI is InChI=1S/C12H7F3N2/c13-12(14,15)8-4-5-10-9(7-8)16-11-3-1-2-6-17(10)11/h1-7H. The summed E-state index contributed by atoms with van der Waals surface area (Å²) >= 11 is 0. The molecule has 0 unspecified atom stereocenters. The summed E-state index contributed by atoms with van der Waals surface area (Å²) in [5.41, 5.74) is 0.995. The molecule has 0 spiro atoms. The topological polar surface area (TPSA) is 17.3 Å². The van der Waals surface area contributed by atoms with E-state index in [1.54, 1.807) is 22.7 Å². The maximum Gasteiger partial charge on any atom is 0.416 e. The number of hydrogen-bond donors (Lipinski definition) is 0. The molecule has 5 heteroatoms. The highest BCUT2D eigenvalue weighted by Gasteiger charge is 2.30. The minimum absolute atomic E-state index is 0.353. The Morgan fingerprint density at radius 1 is 1.06 bits per heavy atom. The van der Waals surface area contributed by atoms with Crippen molar-refractivity contribution in [3.05, 3.63) is 48.2 Å². The summed E-state index contributed by atoms with van der Waals surface area (Å²) in [5, 5.41) is 0. The molecule has 0 bridgehead atoms. The molecule has 0 saturated heterocycles. The van der Waals surface area contributed by atoms with E-state index in [1.807, 2.05) is 6.07 Å². The molecule has 3 rings (SSSR count). The predicted molar refractivity (Wildman–Crippen MR) is 57.7 cm³/mol. The van der Waals surface area contributed by atoms with Gasteiger partial charge in [0.05, 0.1) is 16.6 Å². The Hall–Kier alpha value is -2.04. The van der Waals surface area contributed by atoms with Crippen LogP contribution >= 0.6 is 0 Å². The first-order chi connectivity index (χ1) is 8.05. The lowest BCUT2D eigenvalue weighted by molar-refractivity contribution is -0.137. The number of hydrogen-bond acceptors (Lipinski definition) is 1. The van der Waals surface area contributed by atoms with Crippen LogP contribution in [0.3, 0.4) is 0 Å². The number of rotatable bonds is 0. The van der Waals surface area contributed by atoms with Crippen LogP contribution in [0.1, 0.15) is 5.56 Å². The van der Waals surface area contributed by atoms with Gasteiger partial charge in [0.2, 0.25) is 0 Å². The van der Waals surface area contributed by atoms with E-state index in [4.69, 9.17) is 0 Å². The summed E-state index contributed by atoms with van der Waals surface area (Å²) in [4.78, 5) is 4.15. The monoisotopic (exact) mass is 236 g/mol. The fourth-order valence-corrected chi connectivity index (χ4v) is 1.85. The van der Waals surface area contributed by atoms with E-state index in [2.05, 4.69) is 4.98 Å². The first-order valence-corrected chi connectivity index (χ1v) is 5.00. The van der Waals surface area contributed by atoms with Crippen LogP contribution in [0.15, 0.2) is 42.6 Å². The first kappa shape index (κ1) is 10.1. The maximum atomic E-state index is 12.5. The largest absolute Gasteiger partial charge is 0.416 e. The van der Waals surface area contributed by atoms with Crippen LogP contribution < -0.4 is 0 Å². The number of fused-ring (bicyclic) bond motifs is 3. The minimum Gasteiger partial charge on any atom is -0.300 e. The molecule has 0 atom stereocenters. The van der Waals surface area contributed by atoms with Crippen LogP contribution in [0, 0.1) is 0 Å². The highest BCUT2D eigenvalue weighted by molar-refractivity contribution is 5.81. The molecule has 3 aromatic rings. The van der Waals surface area contributed by atoms with Crippen molar-refractivity contribution in [1.82, 2.24) is 9.38 Å². The first-order valence-electron chi connectivity index (χ1n) is 5.00. The Kier molecular flexibility index (Phi) is 1.92. The van der Waals surface area contributed by atoms with Crippen LogP contribution in [0.2, 0.25) is 0 Å². The zero-order chi connectivity index (χ0) is 12.0. The van der Waals surface area contributed by atoms with E-state index in [1.165, 1.54) is 6.07 Å². The summed E-state index contributed by atoms with van der Waals surface area (Å²) in [6.45, 7) is 0. The van der Waals surface area contributed by atoms with E-state index in [9.17, 15) is 13.2 Å². The van der Waals surface area contributed by atoms with E-state index in [-0.39, 0.29) is 0 Å². The molecule has 0 N–H and O–H groups in total. The molecule has 2 nitrogen and oxygen atoms in total. The molecule has 0 aliphatic rings. The summed E-state index contributed by atoms with van der Waals surface area (Å²) in [6.07, 6.45) is -2.55. The van der Waals surface area contributed by atoms with Gasteiger partial charge in [0.1, 0.15) is 5.65 Å². The minimum atomic E-state index is -4.33. The fraction of sp³-hybridized carbons (Fsp3) is 0.0833. The summed E-state index contributed by atoms with van der Waals surface area (Å²) in [7, 11) is 0.